The van der Waals surface area contributed by atoms with E-state index in [0.29, 0.717) is 25.2 Å². The van der Waals surface area contributed by atoms with E-state index < -0.39 is 11.9 Å². The van der Waals surface area contributed by atoms with Gasteiger partial charge in [0, 0.05) is 0 Å². The zero-order chi connectivity index (χ0) is 16.7. The van der Waals surface area contributed by atoms with E-state index in [1.165, 1.54) is 12.1 Å². The summed E-state index contributed by atoms with van der Waals surface area (Å²) in [5.74, 6) is 0.0712. The van der Waals surface area contributed by atoms with Gasteiger partial charge in [-0.1, -0.05) is 0 Å². The highest BCUT2D eigenvalue weighted by atomic mass is 16.5. The monoisotopic (exact) mass is 315 g/mol. The van der Waals surface area contributed by atoms with Crippen LogP contribution in [0.3, 0.4) is 0 Å². The van der Waals surface area contributed by atoms with E-state index in [-0.39, 0.29) is 5.76 Å². The Morgan fingerprint density at radius 3 is 2.52 bits per heavy atom. The third kappa shape index (κ3) is 4.51. The Balaban J connectivity index is 1.81. The molecule has 0 spiro atoms. The number of hydrogen-bond acceptors (Lipinski definition) is 5. The summed E-state index contributed by atoms with van der Waals surface area (Å²) in [7, 11) is 1.60. The minimum atomic E-state index is -1.14. The molecule has 2 aromatic rings. The predicted octanol–water partition coefficient (Wildman–Crippen LogP) is 3.45. The number of carboxylic acid groups (broad SMARTS) is 1. The van der Waals surface area contributed by atoms with E-state index in [0.717, 1.165) is 11.5 Å². The van der Waals surface area contributed by atoms with Gasteiger partial charge in [0.25, 0.3) is 0 Å². The summed E-state index contributed by atoms with van der Waals surface area (Å²) in [5.41, 5.74) is 0. The Morgan fingerprint density at radius 2 is 1.96 bits per heavy atom. The molecule has 0 saturated carbocycles. The molecule has 0 aliphatic rings. The highest BCUT2D eigenvalue weighted by molar-refractivity contribution is 5.84. The van der Waals surface area contributed by atoms with Crippen molar-refractivity contribution in [3.05, 3.63) is 47.9 Å². The first-order valence-corrected chi connectivity index (χ1v) is 7.13. The highest BCUT2D eigenvalue weighted by Gasteiger charge is 2.17. The number of benzene rings is 1. The lowest BCUT2D eigenvalue weighted by molar-refractivity contribution is 0.0660. The third-order valence-corrected chi connectivity index (χ3v) is 3.30. The van der Waals surface area contributed by atoms with Crippen molar-refractivity contribution in [2.45, 2.75) is 18.8 Å². The van der Waals surface area contributed by atoms with Gasteiger partial charge in [-0.05, 0) is 49.2 Å². The molecule has 23 heavy (non-hydrogen) atoms. The molecule has 1 heterocycles. The molecule has 0 bridgehead atoms. The van der Waals surface area contributed by atoms with Crippen LogP contribution in [0.25, 0.3) is 0 Å². The van der Waals surface area contributed by atoms with Crippen molar-refractivity contribution < 1.29 is 23.8 Å². The van der Waals surface area contributed by atoms with E-state index >= 15 is 0 Å². The number of rotatable bonds is 8. The van der Waals surface area contributed by atoms with Crippen molar-refractivity contribution in [1.29, 1.82) is 5.26 Å². The molecule has 6 nitrogen and oxygen atoms in total. The fraction of sp³-hybridized carbons (Fsp3) is 0.294. The molecule has 0 saturated heterocycles. The Kier molecular flexibility index (Phi) is 5.64. The molecule has 1 aromatic heterocycles. The SMILES string of the molecule is COc1ccc(OCCCC(C#N)c2ccc(C(=O)O)o2)cc1. The molecule has 120 valence electrons. The minimum absolute atomic E-state index is 0.158. The molecular formula is C17H17NO5. The summed E-state index contributed by atoms with van der Waals surface area (Å²) in [6, 6.07) is 12.3. The van der Waals surface area contributed by atoms with Crippen LogP contribution in [-0.4, -0.2) is 24.8 Å². The average Bonchev–Trinajstić information content (AvgIpc) is 3.05. The van der Waals surface area contributed by atoms with Gasteiger partial charge >= 0.3 is 5.97 Å². The molecule has 1 aromatic carbocycles. The van der Waals surface area contributed by atoms with Crippen molar-refractivity contribution in [1.82, 2.24) is 0 Å². The van der Waals surface area contributed by atoms with Crippen molar-refractivity contribution in [3.63, 3.8) is 0 Å². The number of nitrogens with zero attached hydrogens (tertiary/aromatic N) is 1. The van der Waals surface area contributed by atoms with Crippen molar-refractivity contribution >= 4 is 5.97 Å². The van der Waals surface area contributed by atoms with Crippen LogP contribution in [0.1, 0.15) is 35.1 Å². The second-order valence-corrected chi connectivity index (χ2v) is 4.86. The van der Waals surface area contributed by atoms with Gasteiger partial charge in [0.15, 0.2) is 0 Å². The van der Waals surface area contributed by atoms with Gasteiger partial charge in [-0.15, -0.1) is 0 Å². The Bertz CT molecular complexity index is 684. The zero-order valence-electron chi connectivity index (χ0n) is 12.7. The van der Waals surface area contributed by atoms with Gasteiger partial charge in [-0.3, -0.25) is 0 Å². The largest absolute Gasteiger partial charge is 0.497 e. The average molecular weight is 315 g/mol. The van der Waals surface area contributed by atoms with E-state index in [1.807, 2.05) is 24.3 Å². The fourth-order valence-electron chi connectivity index (χ4n) is 2.07. The predicted molar refractivity (Wildman–Crippen MR) is 81.7 cm³/mol. The summed E-state index contributed by atoms with van der Waals surface area (Å²) in [6.45, 7) is 0.455. The molecule has 0 aliphatic carbocycles. The summed E-state index contributed by atoms with van der Waals surface area (Å²) in [5, 5.41) is 18.0. The van der Waals surface area contributed by atoms with Gasteiger partial charge in [0.05, 0.1) is 19.8 Å². The summed E-state index contributed by atoms with van der Waals surface area (Å²) in [4.78, 5) is 10.8. The molecule has 0 radical (unpaired) electrons. The zero-order valence-corrected chi connectivity index (χ0v) is 12.7. The van der Waals surface area contributed by atoms with Gasteiger partial charge < -0.3 is 19.0 Å². The lowest BCUT2D eigenvalue weighted by Crippen LogP contribution is -2.01. The maximum atomic E-state index is 10.8. The van der Waals surface area contributed by atoms with Gasteiger partial charge in [0.1, 0.15) is 23.2 Å². The molecule has 0 amide bonds. The van der Waals surface area contributed by atoms with Crippen molar-refractivity contribution in [3.8, 4) is 17.6 Å². The lowest BCUT2D eigenvalue weighted by atomic mass is 10.0. The molecule has 6 heteroatoms. The minimum Gasteiger partial charge on any atom is -0.497 e. The van der Waals surface area contributed by atoms with Crippen molar-refractivity contribution in [2.24, 2.45) is 0 Å². The van der Waals surface area contributed by atoms with Gasteiger partial charge in [-0.2, -0.15) is 5.26 Å². The van der Waals surface area contributed by atoms with Gasteiger partial charge in [0.2, 0.25) is 5.76 Å². The number of carbonyl (C=O) groups is 1. The molecule has 1 atom stereocenters. The standard InChI is InChI=1S/C17H17NO5/c1-21-13-4-6-14(7-5-13)22-10-2-3-12(11-18)15-8-9-16(23-15)17(19)20/h4-9,12H,2-3,10H2,1H3,(H,19,20). The van der Waals surface area contributed by atoms with E-state index in [2.05, 4.69) is 6.07 Å². The first kappa shape index (κ1) is 16.4. The van der Waals surface area contributed by atoms with Crippen LogP contribution in [-0.2, 0) is 0 Å². The van der Waals surface area contributed by atoms with Crippen LogP contribution in [0, 0.1) is 11.3 Å². The number of aromatic carboxylic acids is 1. The summed E-state index contributed by atoms with van der Waals surface area (Å²) >= 11 is 0. The smallest absolute Gasteiger partial charge is 0.371 e. The van der Waals surface area contributed by atoms with E-state index in [9.17, 15) is 10.1 Å². The first-order chi connectivity index (χ1) is 11.1. The number of carboxylic acids is 1. The second kappa shape index (κ2) is 7.90. The quantitative estimate of drug-likeness (QED) is 0.750. The highest BCUT2D eigenvalue weighted by Crippen LogP contribution is 2.23. The topological polar surface area (TPSA) is 92.7 Å². The Labute approximate surface area is 133 Å². The molecule has 1 N–H and O–H groups in total. The maximum Gasteiger partial charge on any atom is 0.371 e. The number of methoxy groups -OCH3 is 1. The number of ether oxygens (including phenoxy) is 2. The summed E-state index contributed by atoms with van der Waals surface area (Å²) in [6.07, 6.45) is 1.17. The normalized spacial score (nSPS) is 11.5. The number of hydrogen-bond donors (Lipinski definition) is 1. The van der Waals surface area contributed by atoms with E-state index in [4.69, 9.17) is 19.0 Å². The van der Waals surface area contributed by atoms with Crippen LogP contribution < -0.4 is 9.47 Å². The third-order valence-electron chi connectivity index (χ3n) is 3.30. The Hall–Kier alpha value is -2.94. The molecule has 2 rings (SSSR count). The number of nitriles is 1. The fourth-order valence-corrected chi connectivity index (χ4v) is 2.07. The molecular weight excluding hydrogens is 298 g/mol. The van der Waals surface area contributed by atoms with Crippen LogP contribution in [0.5, 0.6) is 11.5 Å². The second-order valence-electron chi connectivity index (χ2n) is 4.86. The number of furan rings is 1. The van der Waals surface area contributed by atoms with Crippen LogP contribution in [0.4, 0.5) is 0 Å². The maximum absolute atomic E-state index is 10.8. The van der Waals surface area contributed by atoms with Crippen molar-refractivity contribution in [2.75, 3.05) is 13.7 Å². The molecule has 1 unspecified atom stereocenters. The van der Waals surface area contributed by atoms with E-state index in [1.54, 1.807) is 7.11 Å². The van der Waals surface area contributed by atoms with Gasteiger partial charge in [-0.25, -0.2) is 4.79 Å². The van der Waals surface area contributed by atoms with Crippen LogP contribution >= 0.6 is 0 Å². The molecule has 0 fully saturated rings. The van der Waals surface area contributed by atoms with Crippen LogP contribution in [0.15, 0.2) is 40.8 Å². The first-order valence-electron chi connectivity index (χ1n) is 7.13. The van der Waals surface area contributed by atoms with Crippen LogP contribution in [0.2, 0.25) is 0 Å². The Morgan fingerprint density at radius 1 is 1.26 bits per heavy atom. The molecule has 0 aliphatic heterocycles. The summed E-state index contributed by atoms with van der Waals surface area (Å²) < 4.78 is 15.8. The lowest BCUT2D eigenvalue weighted by Gasteiger charge is -2.08.